The highest BCUT2D eigenvalue weighted by atomic mass is 35.5. The normalized spacial score (nSPS) is 24.7. The minimum atomic E-state index is 0.337. The summed E-state index contributed by atoms with van der Waals surface area (Å²) in [5, 5.41) is 4.88. The van der Waals surface area contributed by atoms with Gasteiger partial charge >= 0.3 is 0 Å². The number of nitrogens with one attached hydrogen (secondary N) is 1. The van der Waals surface area contributed by atoms with Gasteiger partial charge in [-0.25, -0.2) is 0 Å². The Kier molecular flexibility index (Phi) is 5.34. The lowest BCUT2D eigenvalue weighted by Crippen LogP contribution is -2.42. The Hall–Kier alpha value is -0.970. The SMILES string of the molecule is CN=C(NCCc1c(Cl)cccc1Cl)N1CCC2(CCOC2)C1. The fourth-order valence-electron chi connectivity index (χ4n) is 3.49. The number of rotatable bonds is 3. The van der Waals surface area contributed by atoms with Gasteiger partial charge in [-0.1, -0.05) is 29.3 Å². The summed E-state index contributed by atoms with van der Waals surface area (Å²) in [6.45, 7) is 4.60. The van der Waals surface area contributed by atoms with E-state index in [1.807, 2.05) is 25.2 Å². The van der Waals surface area contributed by atoms with Crippen molar-refractivity contribution < 1.29 is 4.74 Å². The predicted molar refractivity (Wildman–Crippen MR) is 95.6 cm³/mol. The van der Waals surface area contributed by atoms with Crippen LogP contribution in [0, 0.1) is 5.41 Å². The summed E-state index contributed by atoms with van der Waals surface area (Å²) in [6.07, 6.45) is 3.12. The molecule has 4 nitrogen and oxygen atoms in total. The molecule has 2 fully saturated rings. The van der Waals surface area contributed by atoms with Crippen LogP contribution in [0.5, 0.6) is 0 Å². The van der Waals surface area contributed by atoms with Crippen LogP contribution in [0.25, 0.3) is 0 Å². The van der Waals surface area contributed by atoms with E-state index in [1.54, 1.807) is 0 Å². The molecular formula is C17H23Cl2N3O. The van der Waals surface area contributed by atoms with Crippen LogP contribution in [0.3, 0.4) is 0 Å². The second-order valence-electron chi connectivity index (χ2n) is 6.40. The summed E-state index contributed by atoms with van der Waals surface area (Å²) in [5.74, 6) is 0.956. The van der Waals surface area contributed by atoms with E-state index in [2.05, 4.69) is 15.2 Å². The van der Waals surface area contributed by atoms with Gasteiger partial charge in [0, 0.05) is 48.7 Å². The molecule has 126 valence electrons. The molecule has 6 heteroatoms. The van der Waals surface area contributed by atoms with E-state index < -0.39 is 0 Å². The van der Waals surface area contributed by atoms with Gasteiger partial charge in [0.15, 0.2) is 5.96 Å². The molecule has 3 rings (SSSR count). The number of benzene rings is 1. The topological polar surface area (TPSA) is 36.9 Å². The van der Waals surface area contributed by atoms with Crippen LogP contribution in [0.2, 0.25) is 10.0 Å². The van der Waals surface area contributed by atoms with Gasteiger partial charge in [-0.15, -0.1) is 0 Å². The molecule has 0 bridgehead atoms. The van der Waals surface area contributed by atoms with Gasteiger partial charge in [-0.2, -0.15) is 0 Å². The molecule has 1 unspecified atom stereocenters. The Bertz CT molecular complexity index is 565. The van der Waals surface area contributed by atoms with Crippen LogP contribution in [-0.2, 0) is 11.2 Å². The zero-order valence-electron chi connectivity index (χ0n) is 13.4. The minimum absolute atomic E-state index is 0.337. The highest BCUT2D eigenvalue weighted by Crippen LogP contribution is 2.38. The Balaban J connectivity index is 1.55. The lowest BCUT2D eigenvalue weighted by Gasteiger charge is -2.25. The molecule has 1 aromatic rings. The lowest BCUT2D eigenvalue weighted by molar-refractivity contribution is 0.156. The van der Waals surface area contributed by atoms with Gasteiger partial charge in [0.2, 0.25) is 0 Å². The number of nitrogens with zero attached hydrogens (tertiary/aromatic N) is 2. The summed E-state index contributed by atoms with van der Waals surface area (Å²) in [6, 6.07) is 5.62. The number of halogens is 2. The van der Waals surface area contributed by atoms with E-state index in [1.165, 1.54) is 6.42 Å². The molecule has 23 heavy (non-hydrogen) atoms. The van der Waals surface area contributed by atoms with Crippen LogP contribution in [0.15, 0.2) is 23.2 Å². The number of ether oxygens (including phenoxy) is 1. The molecule has 0 aliphatic carbocycles. The van der Waals surface area contributed by atoms with Crippen molar-refractivity contribution in [2.75, 3.05) is 39.9 Å². The molecule has 2 aliphatic heterocycles. The van der Waals surface area contributed by atoms with E-state index in [-0.39, 0.29) is 0 Å². The monoisotopic (exact) mass is 355 g/mol. The zero-order valence-corrected chi connectivity index (χ0v) is 15.0. The third-order valence-electron chi connectivity index (χ3n) is 4.85. The van der Waals surface area contributed by atoms with Crippen molar-refractivity contribution in [3.05, 3.63) is 33.8 Å². The van der Waals surface area contributed by atoms with E-state index in [0.29, 0.717) is 5.41 Å². The number of likely N-dealkylation sites (tertiary alicyclic amines) is 1. The van der Waals surface area contributed by atoms with Crippen molar-refractivity contribution in [3.8, 4) is 0 Å². The number of aliphatic imine (C=N–C) groups is 1. The van der Waals surface area contributed by atoms with Crippen molar-refractivity contribution in [2.45, 2.75) is 19.3 Å². The lowest BCUT2D eigenvalue weighted by atomic mass is 9.87. The van der Waals surface area contributed by atoms with Crippen LogP contribution in [-0.4, -0.2) is 50.8 Å². The third kappa shape index (κ3) is 3.76. The van der Waals surface area contributed by atoms with Crippen molar-refractivity contribution in [1.82, 2.24) is 10.2 Å². The molecule has 2 aliphatic rings. The maximum absolute atomic E-state index is 6.22. The van der Waals surface area contributed by atoms with Crippen LogP contribution in [0.4, 0.5) is 0 Å². The molecule has 0 amide bonds. The maximum atomic E-state index is 6.22. The fraction of sp³-hybridized carbons (Fsp3) is 0.588. The Labute approximate surface area is 147 Å². The highest BCUT2D eigenvalue weighted by Gasteiger charge is 2.42. The van der Waals surface area contributed by atoms with E-state index >= 15 is 0 Å². The van der Waals surface area contributed by atoms with Gasteiger partial charge in [-0.3, -0.25) is 4.99 Å². The molecule has 0 radical (unpaired) electrons. The number of hydrogen-bond acceptors (Lipinski definition) is 2. The van der Waals surface area contributed by atoms with Crippen molar-refractivity contribution in [1.29, 1.82) is 0 Å². The maximum Gasteiger partial charge on any atom is 0.193 e. The van der Waals surface area contributed by atoms with Gasteiger partial charge in [0.25, 0.3) is 0 Å². The summed E-state index contributed by atoms with van der Waals surface area (Å²) in [5.41, 5.74) is 1.32. The van der Waals surface area contributed by atoms with E-state index in [0.717, 1.165) is 67.3 Å². The summed E-state index contributed by atoms with van der Waals surface area (Å²) >= 11 is 12.4. The largest absolute Gasteiger partial charge is 0.381 e. The van der Waals surface area contributed by atoms with Gasteiger partial charge in [0.05, 0.1) is 6.61 Å². The molecule has 0 aromatic heterocycles. The summed E-state index contributed by atoms with van der Waals surface area (Å²) < 4.78 is 5.59. The average Bonchev–Trinajstić information content (AvgIpc) is 3.17. The first-order valence-electron chi connectivity index (χ1n) is 8.10. The second kappa shape index (κ2) is 7.29. The minimum Gasteiger partial charge on any atom is -0.381 e. The van der Waals surface area contributed by atoms with Crippen LogP contribution < -0.4 is 5.32 Å². The first-order valence-corrected chi connectivity index (χ1v) is 8.85. The number of guanidine groups is 1. The van der Waals surface area contributed by atoms with Crippen LogP contribution >= 0.6 is 23.2 Å². The zero-order chi connectivity index (χ0) is 16.3. The van der Waals surface area contributed by atoms with Gasteiger partial charge < -0.3 is 15.0 Å². The average molecular weight is 356 g/mol. The molecule has 1 atom stereocenters. The molecule has 1 N–H and O–H groups in total. The van der Waals surface area contributed by atoms with Crippen LogP contribution in [0.1, 0.15) is 18.4 Å². The van der Waals surface area contributed by atoms with Crippen molar-refractivity contribution in [3.63, 3.8) is 0 Å². The Morgan fingerprint density at radius 3 is 2.78 bits per heavy atom. The van der Waals surface area contributed by atoms with Crippen molar-refractivity contribution >= 4 is 29.2 Å². The smallest absolute Gasteiger partial charge is 0.193 e. The predicted octanol–water partition coefficient (Wildman–Crippen LogP) is 3.22. The van der Waals surface area contributed by atoms with E-state index in [4.69, 9.17) is 27.9 Å². The molecule has 1 aromatic carbocycles. The number of hydrogen-bond donors (Lipinski definition) is 1. The first kappa shape index (κ1) is 16.9. The quantitative estimate of drug-likeness (QED) is 0.667. The van der Waals surface area contributed by atoms with E-state index in [9.17, 15) is 0 Å². The summed E-state index contributed by atoms with van der Waals surface area (Å²) in [4.78, 5) is 6.76. The molecule has 2 saturated heterocycles. The fourth-order valence-corrected chi connectivity index (χ4v) is 4.08. The molecule has 2 heterocycles. The van der Waals surface area contributed by atoms with Gasteiger partial charge in [0.1, 0.15) is 0 Å². The Morgan fingerprint density at radius 2 is 2.13 bits per heavy atom. The third-order valence-corrected chi connectivity index (χ3v) is 5.56. The van der Waals surface area contributed by atoms with Gasteiger partial charge in [-0.05, 0) is 37.0 Å². The van der Waals surface area contributed by atoms with Crippen molar-refractivity contribution in [2.24, 2.45) is 10.4 Å². The Morgan fingerprint density at radius 1 is 1.35 bits per heavy atom. The first-order chi connectivity index (χ1) is 11.1. The molecule has 0 saturated carbocycles. The standard InChI is InChI=1S/C17H23Cl2N3O/c1-20-16(22-9-6-17(11-22)7-10-23-12-17)21-8-5-13-14(18)3-2-4-15(13)19/h2-4H,5-12H2,1H3,(H,20,21). The summed E-state index contributed by atoms with van der Waals surface area (Å²) in [7, 11) is 1.83. The second-order valence-corrected chi connectivity index (χ2v) is 7.21. The molecular weight excluding hydrogens is 333 g/mol. The molecule has 1 spiro atoms. The highest BCUT2D eigenvalue weighted by molar-refractivity contribution is 6.35.